The molecule has 0 aromatic heterocycles. The van der Waals surface area contributed by atoms with Crippen LogP contribution in [-0.4, -0.2) is 57.7 Å². The zero-order valence-corrected chi connectivity index (χ0v) is 26.2. The van der Waals surface area contributed by atoms with E-state index in [4.69, 9.17) is 28.4 Å². The number of carbonyl (C=O) groups is 4. The lowest BCUT2D eigenvalue weighted by atomic mass is 10.2. The predicted octanol–water partition coefficient (Wildman–Crippen LogP) is 6.50. The normalized spacial score (nSPS) is 9.87. The van der Waals surface area contributed by atoms with Crippen molar-refractivity contribution in [3.8, 4) is 23.0 Å². The standard InChI is InChI=1S/C22H24O6.C14H16O4/c1-4-21(23)27-14-6-5-13-26-18-9-7-17(8-10-18)22(24)28-19-11-12-20(25-3)16(2)15-19;1-2-14(16)18-10-4-3-9-17-13-7-5-12(11-15)6-8-13/h4,7-12,15H,1,5-6,13-14H2,2-3H3;2,5-8,11H,1,3-4,9-10H2. The molecule has 3 rings (SSSR count). The van der Waals surface area contributed by atoms with E-state index in [0.717, 1.165) is 54.8 Å². The molecule has 3 aromatic carbocycles. The molecule has 0 saturated carbocycles. The highest BCUT2D eigenvalue weighted by Gasteiger charge is 2.10. The van der Waals surface area contributed by atoms with E-state index in [1.54, 1.807) is 73.8 Å². The van der Waals surface area contributed by atoms with Gasteiger partial charge in [-0.05, 0) is 105 Å². The van der Waals surface area contributed by atoms with Gasteiger partial charge in [0.05, 0.1) is 39.1 Å². The summed E-state index contributed by atoms with van der Waals surface area (Å²) in [6.45, 7) is 10.3. The van der Waals surface area contributed by atoms with Crippen molar-refractivity contribution in [2.45, 2.75) is 32.6 Å². The number of aryl methyl sites for hydroxylation is 1. The molecule has 244 valence electrons. The first kappa shape index (κ1) is 36.8. The Balaban J connectivity index is 0.000000353. The van der Waals surface area contributed by atoms with Gasteiger partial charge in [0.1, 0.15) is 29.3 Å². The Labute approximate surface area is 269 Å². The van der Waals surface area contributed by atoms with Crippen LogP contribution in [0.15, 0.2) is 92.0 Å². The van der Waals surface area contributed by atoms with E-state index in [1.165, 1.54) is 0 Å². The first-order valence-electron chi connectivity index (χ1n) is 14.7. The van der Waals surface area contributed by atoms with Gasteiger partial charge in [-0.25, -0.2) is 14.4 Å². The summed E-state index contributed by atoms with van der Waals surface area (Å²) in [5.41, 5.74) is 1.94. The van der Waals surface area contributed by atoms with Gasteiger partial charge in [0, 0.05) is 17.7 Å². The largest absolute Gasteiger partial charge is 0.496 e. The fourth-order valence-corrected chi connectivity index (χ4v) is 3.66. The van der Waals surface area contributed by atoms with E-state index in [2.05, 4.69) is 13.2 Å². The van der Waals surface area contributed by atoms with Gasteiger partial charge in [0.15, 0.2) is 0 Å². The van der Waals surface area contributed by atoms with Crippen LogP contribution < -0.4 is 18.9 Å². The maximum absolute atomic E-state index is 12.3. The number of methoxy groups -OCH3 is 1. The van der Waals surface area contributed by atoms with E-state index < -0.39 is 17.9 Å². The summed E-state index contributed by atoms with van der Waals surface area (Å²) in [5, 5.41) is 0. The molecule has 0 unspecified atom stereocenters. The molecule has 0 spiro atoms. The summed E-state index contributed by atoms with van der Waals surface area (Å²) in [4.78, 5) is 44.3. The highest BCUT2D eigenvalue weighted by Crippen LogP contribution is 2.24. The fourth-order valence-electron chi connectivity index (χ4n) is 3.66. The van der Waals surface area contributed by atoms with Crippen LogP contribution in [0.1, 0.15) is 52.0 Å². The van der Waals surface area contributed by atoms with E-state index in [1.807, 2.05) is 6.92 Å². The predicted molar refractivity (Wildman–Crippen MR) is 173 cm³/mol. The van der Waals surface area contributed by atoms with Gasteiger partial charge in [-0.3, -0.25) is 4.79 Å². The Morgan fingerprint density at radius 2 is 1.15 bits per heavy atom. The summed E-state index contributed by atoms with van der Waals surface area (Å²) < 4.78 is 31.4. The number of unbranched alkanes of at least 4 members (excludes halogenated alkanes) is 2. The zero-order chi connectivity index (χ0) is 33.6. The highest BCUT2D eigenvalue weighted by atomic mass is 16.5. The molecule has 0 aliphatic rings. The molecule has 0 heterocycles. The van der Waals surface area contributed by atoms with Crippen LogP contribution in [0, 0.1) is 6.92 Å². The van der Waals surface area contributed by atoms with E-state index in [0.29, 0.717) is 55.5 Å². The lowest BCUT2D eigenvalue weighted by molar-refractivity contribution is -0.138. The minimum atomic E-state index is -0.444. The summed E-state index contributed by atoms with van der Waals surface area (Å²) in [5.74, 6) is 1.30. The lowest BCUT2D eigenvalue weighted by Gasteiger charge is -2.09. The average Bonchev–Trinajstić information content (AvgIpc) is 3.08. The topological polar surface area (TPSA) is 124 Å². The molecule has 0 N–H and O–H groups in total. The summed E-state index contributed by atoms with van der Waals surface area (Å²) >= 11 is 0. The first-order valence-corrected chi connectivity index (χ1v) is 14.7. The fraction of sp³-hybridized carbons (Fsp3) is 0.278. The third kappa shape index (κ3) is 14.4. The van der Waals surface area contributed by atoms with Crippen molar-refractivity contribution >= 4 is 24.2 Å². The molecule has 0 radical (unpaired) electrons. The van der Waals surface area contributed by atoms with Crippen molar-refractivity contribution in [2.75, 3.05) is 33.5 Å². The molecule has 0 aliphatic heterocycles. The number of aldehydes is 1. The van der Waals surface area contributed by atoms with Crippen molar-refractivity contribution in [3.05, 3.63) is 109 Å². The van der Waals surface area contributed by atoms with E-state index in [-0.39, 0.29) is 0 Å². The third-order valence-corrected chi connectivity index (χ3v) is 6.12. The molecule has 0 amide bonds. The Morgan fingerprint density at radius 1 is 0.674 bits per heavy atom. The maximum Gasteiger partial charge on any atom is 0.343 e. The third-order valence-electron chi connectivity index (χ3n) is 6.12. The van der Waals surface area contributed by atoms with E-state index in [9.17, 15) is 19.2 Å². The number of esters is 3. The maximum atomic E-state index is 12.3. The van der Waals surface area contributed by atoms with Gasteiger partial charge in [0.25, 0.3) is 0 Å². The number of carbonyl (C=O) groups excluding carboxylic acids is 4. The SMILES string of the molecule is C=CC(=O)OCCCCOc1ccc(C(=O)Oc2ccc(OC)c(C)c2)cc1.C=CC(=O)OCCCCOc1ccc(C=O)cc1. The van der Waals surface area contributed by atoms with Crippen molar-refractivity contribution in [1.82, 2.24) is 0 Å². The van der Waals surface area contributed by atoms with Gasteiger partial charge in [-0.1, -0.05) is 13.2 Å². The van der Waals surface area contributed by atoms with Crippen LogP contribution in [0.3, 0.4) is 0 Å². The molecule has 10 heteroatoms. The molecular formula is C36H40O10. The Morgan fingerprint density at radius 3 is 1.61 bits per heavy atom. The molecule has 0 atom stereocenters. The number of hydrogen-bond donors (Lipinski definition) is 0. The van der Waals surface area contributed by atoms with Gasteiger partial charge < -0.3 is 28.4 Å². The second-order valence-corrected chi connectivity index (χ2v) is 9.59. The smallest absolute Gasteiger partial charge is 0.343 e. The van der Waals surface area contributed by atoms with Gasteiger partial charge >= 0.3 is 17.9 Å². The molecule has 0 aliphatic carbocycles. The number of benzene rings is 3. The summed E-state index contributed by atoms with van der Waals surface area (Å²) in [6.07, 6.45) is 6.05. The Hall–Kier alpha value is -5.38. The second-order valence-electron chi connectivity index (χ2n) is 9.59. The minimum Gasteiger partial charge on any atom is -0.496 e. The Bertz CT molecular complexity index is 1410. The zero-order valence-electron chi connectivity index (χ0n) is 26.2. The number of hydrogen-bond acceptors (Lipinski definition) is 10. The van der Waals surface area contributed by atoms with Crippen molar-refractivity contribution in [1.29, 1.82) is 0 Å². The number of ether oxygens (including phenoxy) is 6. The lowest BCUT2D eigenvalue weighted by Crippen LogP contribution is -2.08. The first-order chi connectivity index (χ1) is 22.3. The van der Waals surface area contributed by atoms with Crippen LogP contribution in [-0.2, 0) is 19.1 Å². The van der Waals surface area contributed by atoms with Crippen molar-refractivity contribution in [2.24, 2.45) is 0 Å². The van der Waals surface area contributed by atoms with Crippen molar-refractivity contribution < 1.29 is 47.6 Å². The molecule has 0 bridgehead atoms. The van der Waals surface area contributed by atoms with Crippen molar-refractivity contribution in [3.63, 3.8) is 0 Å². The molecular weight excluding hydrogens is 592 g/mol. The molecule has 3 aromatic rings. The molecule has 0 saturated heterocycles. The molecule has 46 heavy (non-hydrogen) atoms. The van der Waals surface area contributed by atoms with Gasteiger partial charge in [-0.15, -0.1) is 0 Å². The second kappa shape index (κ2) is 21.3. The van der Waals surface area contributed by atoms with Gasteiger partial charge in [0.2, 0.25) is 0 Å². The van der Waals surface area contributed by atoms with Crippen LogP contribution in [0.25, 0.3) is 0 Å². The van der Waals surface area contributed by atoms with Crippen LogP contribution >= 0.6 is 0 Å². The molecule has 10 nitrogen and oxygen atoms in total. The summed E-state index contributed by atoms with van der Waals surface area (Å²) in [7, 11) is 1.59. The van der Waals surface area contributed by atoms with Crippen LogP contribution in [0.5, 0.6) is 23.0 Å². The number of rotatable bonds is 18. The van der Waals surface area contributed by atoms with Crippen LogP contribution in [0.2, 0.25) is 0 Å². The van der Waals surface area contributed by atoms with Crippen LogP contribution in [0.4, 0.5) is 0 Å². The molecule has 0 fully saturated rings. The Kier molecular flexibility index (Phi) is 17.1. The highest BCUT2D eigenvalue weighted by molar-refractivity contribution is 5.91. The average molecular weight is 633 g/mol. The summed E-state index contributed by atoms with van der Waals surface area (Å²) in [6, 6.07) is 18.8. The minimum absolute atomic E-state index is 0.337. The monoisotopic (exact) mass is 632 g/mol. The quantitative estimate of drug-likeness (QED) is 0.0505. The van der Waals surface area contributed by atoms with Gasteiger partial charge in [-0.2, -0.15) is 0 Å². The van der Waals surface area contributed by atoms with E-state index >= 15 is 0 Å².